The molecule has 3 fully saturated rings. The zero-order valence-electron chi connectivity index (χ0n) is 22.9. The van der Waals surface area contributed by atoms with Crippen LogP contribution in [0.5, 0.6) is 0 Å². The standard InChI is InChI=1S/C30H40N2O5S/c1-7-10-14-37-29(36)24-23-16-20(6)30(38-23)25(24)27(34)32(21(9-3)17-33)26(30)28(35)31(13-8-2)22-15-18(4)11-12-19(22)5/h7-8,11-12,15,20-21,23-26,33H,1-2,9-10,13-14,16-17H2,3-6H3/t20?,21-,23-,24+,25-,26?,30?/m0/s1. The number of aliphatic hydroxyl groups is 1. The summed E-state index contributed by atoms with van der Waals surface area (Å²) in [5.74, 6) is -2.05. The second kappa shape index (κ2) is 11.3. The fourth-order valence-electron chi connectivity index (χ4n) is 6.75. The summed E-state index contributed by atoms with van der Waals surface area (Å²) in [7, 11) is 0. The molecule has 0 aromatic heterocycles. The van der Waals surface area contributed by atoms with Crippen molar-refractivity contribution < 1.29 is 24.2 Å². The number of nitrogens with zero attached hydrogens (tertiary/aromatic N) is 2. The Kier molecular flexibility index (Phi) is 8.43. The number of esters is 1. The molecular formula is C30H40N2O5S. The molecule has 1 spiro atoms. The Hall–Kier alpha value is -2.58. The summed E-state index contributed by atoms with van der Waals surface area (Å²) in [5.41, 5.74) is 2.76. The number of carbonyl (C=O) groups excluding carboxylic acids is 3. The van der Waals surface area contributed by atoms with Gasteiger partial charge in [0.15, 0.2) is 0 Å². The molecule has 38 heavy (non-hydrogen) atoms. The van der Waals surface area contributed by atoms with Crippen LogP contribution in [0.25, 0.3) is 0 Å². The fourth-order valence-corrected chi connectivity index (χ4v) is 9.14. The van der Waals surface area contributed by atoms with Gasteiger partial charge in [0.25, 0.3) is 5.91 Å². The molecule has 3 unspecified atom stereocenters. The zero-order chi connectivity index (χ0) is 27.8. The predicted molar refractivity (Wildman–Crippen MR) is 151 cm³/mol. The minimum Gasteiger partial charge on any atom is -0.465 e. The molecule has 0 aliphatic carbocycles. The molecule has 8 heteroatoms. The summed E-state index contributed by atoms with van der Waals surface area (Å²) in [6.07, 6.45) is 5.16. The molecule has 0 saturated carbocycles. The number of amides is 2. The fraction of sp³-hybridized carbons (Fsp3) is 0.567. The summed E-state index contributed by atoms with van der Waals surface area (Å²) in [6.45, 7) is 15.8. The molecule has 7 nitrogen and oxygen atoms in total. The van der Waals surface area contributed by atoms with Crippen LogP contribution in [0.2, 0.25) is 0 Å². The number of anilines is 1. The lowest BCUT2D eigenvalue weighted by Crippen LogP contribution is -2.59. The quantitative estimate of drug-likeness (QED) is 0.259. The van der Waals surface area contributed by atoms with E-state index in [0.717, 1.165) is 23.2 Å². The van der Waals surface area contributed by atoms with E-state index in [4.69, 9.17) is 4.74 Å². The van der Waals surface area contributed by atoms with Crippen molar-refractivity contribution in [2.45, 2.75) is 69.0 Å². The van der Waals surface area contributed by atoms with Gasteiger partial charge in [0.2, 0.25) is 5.91 Å². The first-order valence-electron chi connectivity index (χ1n) is 13.6. The largest absolute Gasteiger partial charge is 0.465 e. The summed E-state index contributed by atoms with van der Waals surface area (Å²) < 4.78 is 4.81. The highest BCUT2D eigenvalue weighted by Gasteiger charge is 2.77. The molecule has 206 valence electrons. The van der Waals surface area contributed by atoms with Crippen molar-refractivity contribution in [1.82, 2.24) is 4.90 Å². The Morgan fingerprint density at radius 2 is 2.05 bits per heavy atom. The van der Waals surface area contributed by atoms with Crippen LogP contribution >= 0.6 is 11.8 Å². The van der Waals surface area contributed by atoms with Gasteiger partial charge in [-0.1, -0.05) is 38.1 Å². The van der Waals surface area contributed by atoms with E-state index in [1.807, 2.05) is 39.0 Å². The number of ether oxygens (including phenoxy) is 1. The van der Waals surface area contributed by atoms with E-state index in [1.54, 1.807) is 33.7 Å². The number of carbonyl (C=O) groups is 3. The molecular weight excluding hydrogens is 500 g/mol. The second-order valence-corrected chi connectivity index (χ2v) is 12.4. The molecule has 3 heterocycles. The lowest BCUT2D eigenvalue weighted by Gasteiger charge is -2.42. The van der Waals surface area contributed by atoms with E-state index in [0.29, 0.717) is 12.8 Å². The molecule has 3 aliphatic rings. The number of benzene rings is 1. The predicted octanol–water partition coefficient (Wildman–Crippen LogP) is 4.05. The van der Waals surface area contributed by atoms with Crippen molar-refractivity contribution >= 4 is 35.2 Å². The van der Waals surface area contributed by atoms with Crippen molar-refractivity contribution in [2.24, 2.45) is 17.8 Å². The number of hydrogen-bond acceptors (Lipinski definition) is 6. The Bertz CT molecular complexity index is 1120. The Morgan fingerprint density at radius 3 is 2.68 bits per heavy atom. The second-order valence-electron chi connectivity index (χ2n) is 10.8. The number of hydrogen-bond donors (Lipinski definition) is 1. The van der Waals surface area contributed by atoms with Crippen LogP contribution in [0, 0.1) is 31.6 Å². The Morgan fingerprint density at radius 1 is 1.32 bits per heavy atom. The van der Waals surface area contributed by atoms with Gasteiger partial charge in [-0.2, -0.15) is 0 Å². The molecule has 2 amide bonds. The first-order chi connectivity index (χ1) is 18.2. The minimum absolute atomic E-state index is 0.0306. The monoisotopic (exact) mass is 540 g/mol. The molecule has 4 rings (SSSR count). The number of fused-ring (bicyclic) bond motifs is 1. The highest BCUT2D eigenvalue weighted by molar-refractivity contribution is 8.02. The highest BCUT2D eigenvalue weighted by Crippen LogP contribution is 2.69. The first-order valence-corrected chi connectivity index (χ1v) is 14.4. The number of aryl methyl sites for hydroxylation is 2. The maximum absolute atomic E-state index is 14.7. The lowest BCUT2D eigenvalue weighted by molar-refractivity contribution is -0.154. The minimum atomic E-state index is -0.812. The smallest absolute Gasteiger partial charge is 0.310 e. The van der Waals surface area contributed by atoms with Gasteiger partial charge in [0.1, 0.15) is 6.04 Å². The zero-order valence-corrected chi connectivity index (χ0v) is 23.7. The van der Waals surface area contributed by atoms with Crippen molar-refractivity contribution in [3.8, 4) is 0 Å². The summed E-state index contributed by atoms with van der Waals surface area (Å²) in [4.78, 5) is 45.6. The Labute approximate surface area is 230 Å². The molecule has 1 aromatic carbocycles. The van der Waals surface area contributed by atoms with E-state index >= 15 is 0 Å². The number of thioether (sulfide) groups is 1. The van der Waals surface area contributed by atoms with Crippen LogP contribution < -0.4 is 4.90 Å². The topological polar surface area (TPSA) is 87.2 Å². The first kappa shape index (κ1) is 28.4. The van der Waals surface area contributed by atoms with Crippen LogP contribution in [-0.2, 0) is 19.1 Å². The molecule has 3 aliphatic heterocycles. The highest BCUT2D eigenvalue weighted by atomic mass is 32.2. The Balaban J connectivity index is 1.83. The molecule has 3 saturated heterocycles. The molecule has 2 bridgehead atoms. The van der Waals surface area contributed by atoms with Gasteiger partial charge < -0.3 is 19.6 Å². The van der Waals surface area contributed by atoms with Crippen LogP contribution in [0.15, 0.2) is 43.5 Å². The third-order valence-electron chi connectivity index (χ3n) is 8.56. The summed E-state index contributed by atoms with van der Waals surface area (Å²) >= 11 is 1.62. The van der Waals surface area contributed by atoms with Gasteiger partial charge in [-0.25, -0.2) is 0 Å². The van der Waals surface area contributed by atoms with Gasteiger partial charge >= 0.3 is 5.97 Å². The van der Waals surface area contributed by atoms with Crippen molar-refractivity contribution in [2.75, 3.05) is 24.7 Å². The van der Waals surface area contributed by atoms with E-state index in [9.17, 15) is 19.5 Å². The summed E-state index contributed by atoms with van der Waals surface area (Å²) in [6, 6.07) is 4.65. The summed E-state index contributed by atoms with van der Waals surface area (Å²) in [5, 5.41) is 10.2. The van der Waals surface area contributed by atoms with Crippen molar-refractivity contribution in [3.63, 3.8) is 0 Å². The van der Waals surface area contributed by atoms with Crippen LogP contribution in [0.4, 0.5) is 5.69 Å². The molecule has 7 atom stereocenters. The van der Waals surface area contributed by atoms with Gasteiger partial charge in [0, 0.05) is 17.5 Å². The van der Waals surface area contributed by atoms with Crippen LogP contribution in [0.3, 0.4) is 0 Å². The maximum Gasteiger partial charge on any atom is 0.310 e. The van der Waals surface area contributed by atoms with Crippen LogP contribution in [-0.4, -0.2) is 69.6 Å². The lowest BCUT2D eigenvalue weighted by atomic mass is 9.66. The SMILES string of the molecule is C=CCCOC(=O)[C@@H]1[C@@H]2CC(C)C3(S2)C(C(=O)N(CC=C)c2cc(C)ccc2C)N([C@@H](CC)CO)C(=O)[C@H]13. The average molecular weight is 541 g/mol. The van der Waals surface area contributed by atoms with Crippen LogP contribution in [0.1, 0.15) is 44.2 Å². The van der Waals surface area contributed by atoms with Crippen molar-refractivity contribution in [3.05, 3.63) is 54.6 Å². The molecule has 0 radical (unpaired) electrons. The van der Waals surface area contributed by atoms with E-state index < -0.39 is 28.7 Å². The molecule has 1 aromatic rings. The number of likely N-dealkylation sites (tertiary alicyclic amines) is 1. The number of rotatable bonds is 11. The van der Waals surface area contributed by atoms with Gasteiger partial charge in [0.05, 0.1) is 35.8 Å². The van der Waals surface area contributed by atoms with E-state index in [2.05, 4.69) is 20.1 Å². The van der Waals surface area contributed by atoms with E-state index in [-0.39, 0.29) is 48.7 Å². The molecule has 1 N–H and O–H groups in total. The van der Waals surface area contributed by atoms with Gasteiger partial charge in [-0.05, 0) is 56.2 Å². The van der Waals surface area contributed by atoms with E-state index in [1.165, 1.54) is 0 Å². The third kappa shape index (κ3) is 4.39. The van der Waals surface area contributed by atoms with Gasteiger partial charge in [-0.3, -0.25) is 14.4 Å². The normalized spacial score (nSPS) is 30.2. The van der Waals surface area contributed by atoms with Gasteiger partial charge in [-0.15, -0.1) is 24.9 Å². The maximum atomic E-state index is 14.7. The number of aliphatic hydroxyl groups excluding tert-OH is 1. The average Bonchev–Trinajstić information content (AvgIpc) is 3.49. The van der Waals surface area contributed by atoms with Crippen molar-refractivity contribution in [1.29, 1.82) is 0 Å². The third-order valence-corrected chi connectivity index (χ3v) is 10.6.